The van der Waals surface area contributed by atoms with Gasteiger partial charge in [0.25, 0.3) is 5.91 Å². The normalized spacial score (nSPS) is 15.6. The fraction of sp³-hybridized carbons (Fsp3) is 0.318. The Morgan fingerprint density at radius 3 is 2.62 bits per heavy atom. The number of nitrogens with one attached hydrogen (secondary N) is 2. The highest BCUT2D eigenvalue weighted by Gasteiger charge is 2.29. The molecule has 1 aliphatic heterocycles. The molecule has 1 aromatic carbocycles. The Morgan fingerprint density at radius 1 is 1.03 bits per heavy atom. The Balaban J connectivity index is 1.23. The van der Waals surface area contributed by atoms with Crippen LogP contribution in [-0.2, 0) is 17.8 Å². The molecule has 148 valence electrons. The fourth-order valence-corrected chi connectivity index (χ4v) is 4.37. The topological polar surface area (TPSA) is 76.0 Å². The summed E-state index contributed by atoms with van der Waals surface area (Å²) in [6.45, 7) is 1.04. The highest BCUT2D eigenvalue weighted by molar-refractivity contribution is 7.18. The maximum Gasteiger partial charge on any atom is 0.265 e. The first kappa shape index (κ1) is 18.1. The number of nitrogens with zero attached hydrogens (tertiary/aromatic N) is 2. The van der Waals surface area contributed by atoms with Gasteiger partial charge in [-0.15, -0.1) is 11.3 Å². The molecule has 0 spiro atoms. The summed E-state index contributed by atoms with van der Waals surface area (Å²) in [7, 11) is 0. The van der Waals surface area contributed by atoms with Crippen molar-refractivity contribution in [3.05, 3.63) is 53.3 Å². The van der Waals surface area contributed by atoms with E-state index in [9.17, 15) is 9.59 Å². The van der Waals surface area contributed by atoms with Crippen LogP contribution in [0.5, 0.6) is 0 Å². The van der Waals surface area contributed by atoms with Crippen molar-refractivity contribution in [1.82, 2.24) is 9.55 Å². The van der Waals surface area contributed by atoms with Gasteiger partial charge in [0.05, 0.1) is 15.6 Å². The summed E-state index contributed by atoms with van der Waals surface area (Å²) in [5, 5.41) is 6.51. The monoisotopic (exact) mass is 406 g/mol. The first-order valence-electron chi connectivity index (χ1n) is 10.0. The number of carbonyl (C=O) groups is 2. The van der Waals surface area contributed by atoms with Gasteiger partial charge in [-0.05, 0) is 49.9 Å². The third-order valence-electron chi connectivity index (χ3n) is 5.37. The first-order chi connectivity index (χ1) is 14.2. The minimum absolute atomic E-state index is 0.0513. The summed E-state index contributed by atoms with van der Waals surface area (Å²) in [5.74, 6) is 1.18. The van der Waals surface area contributed by atoms with E-state index in [-0.39, 0.29) is 17.7 Å². The number of aromatic nitrogens is 2. The Labute approximate surface area is 173 Å². The van der Waals surface area contributed by atoms with Crippen molar-refractivity contribution in [2.75, 3.05) is 10.6 Å². The number of hydrogen-bond donors (Lipinski definition) is 2. The highest BCUT2D eigenvalue weighted by atomic mass is 32.1. The number of benzene rings is 1. The van der Waals surface area contributed by atoms with Crippen molar-refractivity contribution in [1.29, 1.82) is 0 Å². The minimum atomic E-state index is -0.174. The molecule has 0 radical (unpaired) electrons. The van der Waals surface area contributed by atoms with Gasteiger partial charge in [0, 0.05) is 36.3 Å². The predicted octanol–water partition coefficient (Wildman–Crippen LogP) is 4.55. The number of thiophene rings is 1. The predicted molar refractivity (Wildman–Crippen MR) is 114 cm³/mol. The molecule has 1 aliphatic carbocycles. The largest absolute Gasteiger partial charge is 0.334 e. The van der Waals surface area contributed by atoms with Crippen LogP contribution >= 0.6 is 11.3 Å². The van der Waals surface area contributed by atoms with Crippen LogP contribution < -0.4 is 10.6 Å². The third kappa shape index (κ3) is 3.96. The van der Waals surface area contributed by atoms with Gasteiger partial charge in [-0.1, -0.05) is 12.1 Å². The lowest BCUT2D eigenvalue weighted by Crippen LogP contribution is -2.12. The maximum absolute atomic E-state index is 12.5. The lowest BCUT2D eigenvalue weighted by atomic mass is 10.1. The number of rotatable bonds is 5. The second-order valence-corrected chi connectivity index (χ2v) is 8.74. The third-order valence-corrected chi connectivity index (χ3v) is 6.37. The number of hydrogen-bond acceptors (Lipinski definition) is 4. The summed E-state index contributed by atoms with van der Waals surface area (Å²) >= 11 is 1.29. The van der Waals surface area contributed by atoms with E-state index >= 15 is 0 Å². The van der Waals surface area contributed by atoms with Crippen molar-refractivity contribution in [3.63, 3.8) is 0 Å². The van der Waals surface area contributed by atoms with Crippen molar-refractivity contribution in [2.45, 2.75) is 38.6 Å². The van der Waals surface area contributed by atoms with Crippen LogP contribution in [0.15, 0.2) is 42.6 Å². The molecule has 5 rings (SSSR count). The van der Waals surface area contributed by atoms with Crippen LogP contribution in [0.2, 0.25) is 0 Å². The van der Waals surface area contributed by atoms with Gasteiger partial charge in [0.1, 0.15) is 5.82 Å². The Morgan fingerprint density at radius 2 is 1.86 bits per heavy atom. The summed E-state index contributed by atoms with van der Waals surface area (Å²) in [5.41, 5.74) is 2.76. The van der Waals surface area contributed by atoms with Crippen molar-refractivity contribution in [3.8, 4) is 11.3 Å². The van der Waals surface area contributed by atoms with Gasteiger partial charge >= 0.3 is 0 Å². The van der Waals surface area contributed by atoms with E-state index in [1.165, 1.54) is 24.2 Å². The quantitative estimate of drug-likeness (QED) is 0.653. The van der Waals surface area contributed by atoms with Crippen LogP contribution in [-0.4, -0.2) is 21.4 Å². The van der Waals surface area contributed by atoms with Crippen LogP contribution in [0.25, 0.3) is 11.3 Å². The molecule has 2 N–H and O–H groups in total. The van der Waals surface area contributed by atoms with Crippen LogP contribution in [0.4, 0.5) is 10.7 Å². The van der Waals surface area contributed by atoms with E-state index in [1.54, 1.807) is 12.1 Å². The smallest absolute Gasteiger partial charge is 0.265 e. The maximum atomic E-state index is 12.5. The zero-order chi connectivity index (χ0) is 19.8. The van der Waals surface area contributed by atoms with E-state index in [4.69, 9.17) is 4.98 Å². The molecule has 3 aromatic rings. The number of anilines is 2. The van der Waals surface area contributed by atoms with Gasteiger partial charge in [-0.3, -0.25) is 9.59 Å². The SMILES string of the molecule is O=C(Nc1ccc(-c2cn3c(n2)CCCC3)cc1)c1ccc(NC(=O)C2CC2)s1. The Hall–Kier alpha value is -2.93. The number of aryl methyl sites for hydroxylation is 2. The van der Waals surface area contributed by atoms with Crippen molar-refractivity contribution < 1.29 is 9.59 Å². The highest BCUT2D eigenvalue weighted by Crippen LogP contribution is 2.32. The molecule has 1 saturated carbocycles. The standard InChI is InChI=1S/C22H22N4O2S/c27-21(15-4-5-15)25-20-11-10-18(29-20)22(28)23-16-8-6-14(7-9-16)17-13-26-12-2-1-3-19(26)24-17/h6-11,13,15H,1-5,12H2,(H,23,28)(H,25,27). The number of carbonyl (C=O) groups excluding carboxylic acids is 2. The molecular formula is C22H22N4O2S. The first-order valence-corrected chi connectivity index (χ1v) is 10.9. The summed E-state index contributed by atoms with van der Waals surface area (Å²) < 4.78 is 2.24. The van der Waals surface area contributed by atoms with Gasteiger partial charge in [-0.2, -0.15) is 0 Å². The zero-order valence-electron chi connectivity index (χ0n) is 16.0. The van der Waals surface area contributed by atoms with E-state index in [0.717, 1.165) is 48.6 Å². The van der Waals surface area contributed by atoms with Gasteiger partial charge in [0.15, 0.2) is 0 Å². The molecule has 6 nitrogen and oxygen atoms in total. The fourth-order valence-electron chi connectivity index (χ4n) is 3.56. The van der Waals surface area contributed by atoms with E-state index in [2.05, 4.69) is 21.4 Å². The van der Waals surface area contributed by atoms with Crippen molar-refractivity contribution >= 4 is 33.8 Å². The molecule has 7 heteroatoms. The van der Waals surface area contributed by atoms with Crippen LogP contribution in [0.1, 0.15) is 41.2 Å². The van der Waals surface area contributed by atoms with Crippen LogP contribution in [0, 0.1) is 5.92 Å². The van der Waals surface area contributed by atoms with Gasteiger partial charge < -0.3 is 15.2 Å². The molecule has 0 saturated heterocycles. The molecule has 0 unspecified atom stereocenters. The lowest BCUT2D eigenvalue weighted by Gasteiger charge is -2.11. The molecule has 29 heavy (non-hydrogen) atoms. The zero-order valence-corrected chi connectivity index (χ0v) is 16.8. The van der Waals surface area contributed by atoms with Gasteiger partial charge in [0.2, 0.25) is 5.91 Å². The molecule has 2 aliphatic rings. The average molecular weight is 407 g/mol. The summed E-state index contributed by atoms with van der Waals surface area (Å²) in [6, 6.07) is 11.3. The average Bonchev–Trinajstić information content (AvgIpc) is 3.33. The molecule has 1 fully saturated rings. The van der Waals surface area contributed by atoms with E-state index in [1.807, 2.05) is 24.3 Å². The van der Waals surface area contributed by atoms with Gasteiger partial charge in [-0.25, -0.2) is 4.98 Å². The lowest BCUT2D eigenvalue weighted by molar-refractivity contribution is -0.117. The Kier molecular flexibility index (Phi) is 4.67. The summed E-state index contributed by atoms with van der Waals surface area (Å²) in [6.07, 6.45) is 7.49. The molecule has 0 atom stereocenters. The number of amides is 2. The number of fused-ring (bicyclic) bond motifs is 1. The van der Waals surface area contributed by atoms with E-state index < -0.39 is 0 Å². The number of imidazole rings is 1. The minimum Gasteiger partial charge on any atom is -0.334 e. The second-order valence-electron chi connectivity index (χ2n) is 7.65. The van der Waals surface area contributed by atoms with Crippen molar-refractivity contribution in [2.24, 2.45) is 5.92 Å². The van der Waals surface area contributed by atoms with Crippen LogP contribution in [0.3, 0.4) is 0 Å². The molecule has 3 heterocycles. The Bertz CT molecular complexity index is 1040. The molecule has 2 amide bonds. The second kappa shape index (κ2) is 7.48. The molecule has 0 bridgehead atoms. The molecule has 2 aromatic heterocycles. The summed E-state index contributed by atoms with van der Waals surface area (Å²) in [4.78, 5) is 29.7. The van der Waals surface area contributed by atoms with E-state index in [0.29, 0.717) is 9.88 Å². The molecular weight excluding hydrogens is 384 g/mol.